The number of ether oxygens (including phenoxy) is 3. The first-order valence-corrected chi connectivity index (χ1v) is 5.97. The fourth-order valence-electron chi connectivity index (χ4n) is 1.39. The number of pyridine rings is 1. The van der Waals surface area contributed by atoms with E-state index >= 15 is 0 Å². The number of nitrogens with zero attached hydrogens (tertiary/aromatic N) is 2. The van der Waals surface area contributed by atoms with Crippen LogP contribution < -0.4 is 4.74 Å². The molecule has 1 heterocycles. The van der Waals surface area contributed by atoms with Gasteiger partial charge in [-0.2, -0.15) is 0 Å². The van der Waals surface area contributed by atoms with Crippen molar-refractivity contribution in [3.8, 4) is 5.88 Å². The summed E-state index contributed by atoms with van der Waals surface area (Å²) < 4.78 is 15.0. The van der Waals surface area contributed by atoms with Crippen molar-refractivity contribution in [1.29, 1.82) is 0 Å². The Bertz CT molecular complexity index is 491. The van der Waals surface area contributed by atoms with E-state index in [-0.39, 0.29) is 23.9 Å². The maximum Gasteiger partial charge on any atom is 0.356 e. The average Bonchev–Trinajstić information content (AvgIpc) is 2.43. The lowest BCUT2D eigenvalue weighted by Crippen LogP contribution is -2.20. The van der Waals surface area contributed by atoms with Gasteiger partial charge in [-0.15, -0.1) is 0 Å². The molecule has 1 rings (SSSR count). The molecule has 8 heteroatoms. The van der Waals surface area contributed by atoms with Gasteiger partial charge in [0.1, 0.15) is 6.10 Å². The quantitative estimate of drug-likeness (QED) is 0.425. The summed E-state index contributed by atoms with van der Waals surface area (Å²) >= 11 is 0. The van der Waals surface area contributed by atoms with Crippen LogP contribution in [0.25, 0.3) is 0 Å². The molecular formula is C12H16N2O6. The second kappa shape index (κ2) is 7.39. The summed E-state index contributed by atoms with van der Waals surface area (Å²) in [5.74, 6) is -0.924. The van der Waals surface area contributed by atoms with Crippen LogP contribution in [0.4, 0.5) is 5.69 Å². The molecule has 1 unspecified atom stereocenters. The summed E-state index contributed by atoms with van der Waals surface area (Å²) in [7, 11) is 1.20. The standard InChI is InChI=1S/C12H16N2O6/c1-4-19-7-8(2)20-11-10(14(16)17)6-5-9(13-11)12(15)18-3/h5-6,8H,4,7H2,1-3H3. The molecule has 0 amide bonds. The van der Waals surface area contributed by atoms with Crippen LogP contribution in [0.3, 0.4) is 0 Å². The highest BCUT2D eigenvalue weighted by Crippen LogP contribution is 2.25. The molecule has 20 heavy (non-hydrogen) atoms. The van der Waals surface area contributed by atoms with E-state index in [1.165, 1.54) is 13.2 Å². The van der Waals surface area contributed by atoms with Crippen LogP contribution >= 0.6 is 0 Å². The Labute approximate surface area is 115 Å². The van der Waals surface area contributed by atoms with Gasteiger partial charge in [0.15, 0.2) is 5.69 Å². The van der Waals surface area contributed by atoms with Gasteiger partial charge >= 0.3 is 11.7 Å². The van der Waals surface area contributed by atoms with Crippen molar-refractivity contribution < 1.29 is 23.9 Å². The molecule has 1 atom stereocenters. The number of rotatable bonds is 7. The molecule has 0 bridgehead atoms. The first-order chi connectivity index (χ1) is 9.49. The fraction of sp³-hybridized carbons (Fsp3) is 0.500. The minimum Gasteiger partial charge on any atom is -0.467 e. The number of hydrogen-bond acceptors (Lipinski definition) is 7. The lowest BCUT2D eigenvalue weighted by atomic mass is 10.3. The van der Waals surface area contributed by atoms with Crippen molar-refractivity contribution in [3.05, 3.63) is 27.9 Å². The number of aromatic nitrogens is 1. The van der Waals surface area contributed by atoms with Crippen LogP contribution in [0.2, 0.25) is 0 Å². The van der Waals surface area contributed by atoms with E-state index in [4.69, 9.17) is 9.47 Å². The monoisotopic (exact) mass is 284 g/mol. The Morgan fingerprint density at radius 1 is 1.50 bits per heavy atom. The van der Waals surface area contributed by atoms with Crippen LogP contribution in [0, 0.1) is 10.1 Å². The van der Waals surface area contributed by atoms with Crippen molar-refractivity contribution in [2.45, 2.75) is 20.0 Å². The summed E-state index contributed by atoms with van der Waals surface area (Å²) in [6.07, 6.45) is -0.436. The highest BCUT2D eigenvalue weighted by molar-refractivity contribution is 5.87. The molecule has 0 aliphatic heterocycles. The maximum absolute atomic E-state index is 11.4. The van der Waals surface area contributed by atoms with Crippen LogP contribution in [-0.4, -0.2) is 42.3 Å². The van der Waals surface area contributed by atoms with E-state index in [9.17, 15) is 14.9 Å². The van der Waals surface area contributed by atoms with Crippen molar-refractivity contribution in [3.63, 3.8) is 0 Å². The third kappa shape index (κ3) is 4.16. The topological polar surface area (TPSA) is 101 Å². The van der Waals surface area contributed by atoms with Crippen LogP contribution in [0.5, 0.6) is 5.88 Å². The number of nitro groups is 1. The summed E-state index contributed by atoms with van der Waals surface area (Å²) in [5.41, 5.74) is -0.377. The zero-order valence-corrected chi connectivity index (χ0v) is 11.5. The largest absolute Gasteiger partial charge is 0.467 e. The molecule has 110 valence electrons. The molecule has 1 aromatic rings. The molecule has 1 aromatic heterocycles. The lowest BCUT2D eigenvalue weighted by Gasteiger charge is -2.13. The summed E-state index contributed by atoms with van der Waals surface area (Å²) in [6.45, 7) is 4.28. The molecule has 0 aliphatic rings. The van der Waals surface area contributed by atoms with Gasteiger partial charge < -0.3 is 14.2 Å². The van der Waals surface area contributed by atoms with Gasteiger partial charge in [-0.3, -0.25) is 10.1 Å². The number of carbonyl (C=O) groups excluding carboxylic acids is 1. The van der Waals surface area contributed by atoms with Gasteiger partial charge in [0.25, 0.3) is 5.88 Å². The first kappa shape index (κ1) is 15.8. The third-order valence-electron chi connectivity index (χ3n) is 2.30. The molecule has 0 saturated carbocycles. The normalized spacial score (nSPS) is 11.8. The molecule has 0 aromatic carbocycles. The predicted molar refractivity (Wildman–Crippen MR) is 68.8 cm³/mol. The van der Waals surface area contributed by atoms with Gasteiger partial charge in [-0.1, -0.05) is 0 Å². The second-order valence-corrected chi connectivity index (χ2v) is 3.86. The van der Waals surface area contributed by atoms with E-state index in [0.29, 0.717) is 6.61 Å². The Balaban J connectivity index is 2.99. The van der Waals surface area contributed by atoms with Crippen molar-refractivity contribution in [2.75, 3.05) is 20.3 Å². The SMILES string of the molecule is CCOCC(C)Oc1nc(C(=O)OC)ccc1[N+](=O)[O-]. The zero-order chi connectivity index (χ0) is 15.1. The molecule has 0 radical (unpaired) electrons. The van der Waals surface area contributed by atoms with Gasteiger partial charge in [0, 0.05) is 12.7 Å². The van der Waals surface area contributed by atoms with Gasteiger partial charge in [0.2, 0.25) is 0 Å². The second-order valence-electron chi connectivity index (χ2n) is 3.86. The Morgan fingerprint density at radius 2 is 2.20 bits per heavy atom. The third-order valence-corrected chi connectivity index (χ3v) is 2.30. The van der Waals surface area contributed by atoms with Crippen LogP contribution in [0.15, 0.2) is 12.1 Å². The highest BCUT2D eigenvalue weighted by Gasteiger charge is 2.22. The summed E-state index contributed by atoms with van der Waals surface area (Å²) in [6, 6.07) is 2.37. The van der Waals surface area contributed by atoms with Crippen molar-refractivity contribution >= 4 is 11.7 Å². The number of methoxy groups -OCH3 is 1. The van der Waals surface area contributed by atoms with Crippen LogP contribution in [-0.2, 0) is 9.47 Å². The molecule has 0 saturated heterocycles. The van der Waals surface area contributed by atoms with Crippen molar-refractivity contribution in [2.24, 2.45) is 0 Å². The fourth-order valence-corrected chi connectivity index (χ4v) is 1.39. The van der Waals surface area contributed by atoms with E-state index < -0.39 is 17.0 Å². The van der Waals surface area contributed by atoms with Crippen molar-refractivity contribution in [1.82, 2.24) is 4.98 Å². The number of carbonyl (C=O) groups is 1. The van der Waals surface area contributed by atoms with E-state index in [0.717, 1.165) is 6.07 Å². The molecule has 8 nitrogen and oxygen atoms in total. The smallest absolute Gasteiger partial charge is 0.356 e. The van der Waals surface area contributed by atoms with E-state index in [1.807, 2.05) is 6.92 Å². The van der Waals surface area contributed by atoms with Gasteiger partial charge in [-0.05, 0) is 19.9 Å². The van der Waals surface area contributed by atoms with Gasteiger partial charge in [0.05, 0.1) is 18.6 Å². The summed E-state index contributed by atoms with van der Waals surface area (Å²) in [5, 5.41) is 10.9. The minimum absolute atomic E-state index is 0.0586. The van der Waals surface area contributed by atoms with E-state index in [2.05, 4.69) is 9.72 Å². The number of esters is 1. The van der Waals surface area contributed by atoms with Gasteiger partial charge in [-0.25, -0.2) is 9.78 Å². The Morgan fingerprint density at radius 3 is 2.75 bits per heavy atom. The summed E-state index contributed by atoms with van der Waals surface area (Å²) in [4.78, 5) is 25.5. The first-order valence-electron chi connectivity index (χ1n) is 5.97. The predicted octanol–water partition coefficient (Wildman–Crippen LogP) is 1.58. The minimum atomic E-state index is -0.692. The lowest BCUT2D eigenvalue weighted by molar-refractivity contribution is -0.386. The number of hydrogen-bond donors (Lipinski definition) is 0. The highest BCUT2D eigenvalue weighted by atomic mass is 16.6. The molecule has 0 aliphatic carbocycles. The van der Waals surface area contributed by atoms with Crippen LogP contribution in [0.1, 0.15) is 24.3 Å². The molecular weight excluding hydrogens is 268 g/mol. The Kier molecular flexibility index (Phi) is 5.85. The zero-order valence-electron chi connectivity index (χ0n) is 11.5. The van der Waals surface area contributed by atoms with E-state index in [1.54, 1.807) is 6.92 Å². The maximum atomic E-state index is 11.4. The average molecular weight is 284 g/mol. The molecule has 0 N–H and O–H groups in total. The Hall–Kier alpha value is -2.22. The molecule has 0 spiro atoms. The molecule has 0 fully saturated rings.